The maximum atomic E-state index is 12.8. The van der Waals surface area contributed by atoms with Crippen LogP contribution in [-0.4, -0.2) is 42.7 Å². The number of rotatable bonds is 6. The molecule has 0 bridgehead atoms. The van der Waals surface area contributed by atoms with Crippen LogP contribution in [0.25, 0.3) is 10.2 Å². The van der Waals surface area contributed by atoms with E-state index in [0.29, 0.717) is 21.7 Å². The molecule has 0 unspecified atom stereocenters. The highest BCUT2D eigenvalue weighted by Gasteiger charge is 2.18. The van der Waals surface area contributed by atoms with Crippen molar-refractivity contribution in [3.8, 4) is 11.5 Å². The van der Waals surface area contributed by atoms with Crippen LogP contribution in [0.15, 0.2) is 35.3 Å². The Morgan fingerprint density at radius 2 is 1.84 bits per heavy atom. The van der Waals surface area contributed by atoms with Gasteiger partial charge in [0.2, 0.25) is 0 Å². The minimum atomic E-state index is -0.794. The fourth-order valence-electron chi connectivity index (χ4n) is 2.77. The Hall–Kier alpha value is -3.44. The number of thiazole rings is 1. The number of amides is 1. The van der Waals surface area contributed by atoms with E-state index in [9.17, 15) is 19.7 Å². The highest BCUT2D eigenvalue weighted by atomic mass is 35.5. The molecule has 0 saturated heterocycles. The molecule has 162 valence electrons. The van der Waals surface area contributed by atoms with E-state index in [1.165, 1.54) is 38.0 Å². The second-order valence-electron chi connectivity index (χ2n) is 6.06. The average Bonchev–Trinajstić information content (AvgIpc) is 3.08. The summed E-state index contributed by atoms with van der Waals surface area (Å²) in [5, 5.41) is 11.1. The fraction of sp³-hybridized carbons (Fsp3) is 0.211. The number of non-ortho nitro benzene ring substituents is 1. The number of hydrogen-bond acceptors (Lipinski definition) is 8. The predicted molar refractivity (Wildman–Crippen MR) is 113 cm³/mol. The van der Waals surface area contributed by atoms with Gasteiger partial charge in [-0.2, -0.15) is 4.99 Å². The number of methoxy groups -OCH3 is 3. The van der Waals surface area contributed by atoms with Gasteiger partial charge in [0.25, 0.3) is 11.6 Å². The Bertz CT molecular complexity index is 1270. The number of nitrogens with zero attached hydrogens (tertiary/aromatic N) is 3. The number of hydrogen-bond donors (Lipinski definition) is 0. The summed E-state index contributed by atoms with van der Waals surface area (Å²) >= 11 is 7.17. The number of fused-ring (bicyclic) bond motifs is 1. The standard InChI is InChI=1S/C19H16ClN3O7S/c1-28-14-7-13-16(8-15(14)29-2)31-19(22(13)9-17(24)30-3)21-18(25)11-6-10(23(26)27)4-5-12(11)20/h4-8H,9H2,1-3H3. The SMILES string of the molecule is COC(=O)Cn1c(=NC(=O)c2cc([N+](=O)[O-])ccc2Cl)sc2cc(OC)c(OC)cc21. The van der Waals surface area contributed by atoms with Gasteiger partial charge >= 0.3 is 5.97 Å². The van der Waals surface area contributed by atoms with E-state index in [2.05, 4.69) is 4.99 Å². The van der Waals surface area contributed by atoms with E-state index in [0.717, 1.165) is 17.4 Å². The molecule has 12 heteroatoms. The molecular formula is C19H16ClN3O7S. The van der Waals surface area contributed by atoms with E-state index in [1.807, 2.05) is 0 Å². The maximum Gasteiger partial charge on any atom is 0.325 e. The van der Waals surface area contributed by atoms with Crippen LogP contribution in [0.2, 0.25) is 5.02 Å². The first-order chi connectivity index (χ1) is 14.8. The van der Waals surface area contributed by atoms with Gasteiger partial charge in [0.1, 0.15) is 6.54 Å². The molecule has 1 heterocycles. The van der Waals surface area contributed by atoms with Crippen molar-refractivity contribution in [1.29, 1.82) is 0 Å². The van der Waals surface area contributed by atoms with Gasteiger partial charge in [-0.05, 0) is 6.07 Å². The van der Waals surface area contributed by atoms with Gasteiger partial charge in [-0.1, -0.05) is 22.9 Å². The number of aromatic nitrogens is 1. The topological polar surface area (TPSA) is 122 Å². The lowest BCUT2D eigenvalue weighted by Gasteiger charge is -2.09. The van der Waals surface area contributed by atoms with Gasteiger partial charge in [-0.25, -0.2) is 0 Å². The lowest BCUT2D eigenvalue weighted by molar-refractivity contribution is -0.384. The fourth-order valence-corrected chi connectivity index (χ4v) is 4.00. The van der Waals surface area contributed by atoms with Crippen LogP contribution in [0.1, 0.15) is 10.4 Å². The first-order valence-corrected chi connectivity index (χ1v) is 9.83. The summed E-state index contributed by atoms with van der Waals surface area (Å²) in [6.45, 7) is -0.221. The summed E-state index contributed by atoms with van der Waals surface area (Å²) in [7, 11) is 4.20. The molecule has 10 nitrogen and oxygen atoms in total. The maximum absolute atomic E-state index is 12.8. The molecule has 0 spiro atoms. The minimum Gasteiger partial charge on any atom is -0.493 e. The van der Waals surface area contributed by atoms with Gasteiger partial charge in [0.15, 0.2) is 16.3 Å². The van der Waals surface area contributed by atoms with E-state index >= 15 is 0 Å². The molecule has 3 rings (SSSR count). The van der Waals surface area contributed by atoms with Crippen molar-refractivity contribution in [2.24, 2.45) is 4.99 Å². The second-order valence-corrected chi connectivity index (χ2v) is 7.48. The van der Waals surface area contributed by atoms with Gasteiger partial charge in [-0.3, -0.25) is 19.7 Å². The molecule has 1 aromatic heterocycles. The second kappa shape index (κ2) is 9.14. The smallest absolute Gasteiger partial charge is 0.325 e. The molecule has 0 radical (unpaired) electrons. The number of carbonyl (C=O) groups excluding carboxylic acids is 2. The number of halogens is 1. The Labute approximate surface area is 184 Å². The summed E-state index contributed by atoms with van der Waals surface area (Å²) in [6.07, 6.45) is 0. The quantitative estimate of drug-likeness (QED) is 0.311. The zero-order valence-electron chi connectivity index (χ0n) is 16.6. The Morgan fingerprint density at radius 3 is 2.45 bits per heavy atom. The molecule has 0 aliphatic heterocycles. The van der Waals surface area contributed by atoms with E-state index in [-0.39, 0.29) is 27.6 Å². The third-order valence-corrected chi connectivity index (χ3v) is 5.66. The summed E-state index contributed by atoms with van der Waals surface area (Å²) in [4.78, 5) is 39.4. The van der Waals surface area contributed by atoms with Crippen LogP contribution < -0.4 is 14.3 Å². The highest BCUT2D eigenvalue weighted by Crippen LogP contribution is 2.33. The van der Waals surface area contributed by atoms with Gasteiger partial charge < -0.3 is 18.8 Å². The third-order valence-electron chi connectivity index (χ3n) is 4.29. The molecule has 0 saturated carbocycles. The zero-order chi connectivity index (χ0) is 22.7. The first kappa shape index (κ1) is 22.2. The Kier molecular flexibility index (Phi) is 6.56. The first-order valence-electron chi connectivity index (χ1n) is 8.64. The minimum absolute atomic E-state index is 0.0170. The molecule has 0 aliphatic carbocycles. The van der Waals surface area contributed by atoms with Crippen molar-refractivity contribution >= 4 is 50.7 Å². The number of nitro groups is 1. The van der Waals surface area contributed by atoms with Crippen molar-refractivity contribution in [2.75, 3.05) is 21.3 Å². The number of esters is 1. The Morgan fingerprint density at radius 1 is 1.16 bits per heavy atom. The van der Waals surface area contributed by atoms with Crippen LogP contribution in [0.3, 0.4) is 0 Å². The van der Waals surface area contributed by atoms with Crippen molar-refractivity contribution in [3.63, 3.8) is 0 Å². The summed E-state index contributed by atoms with van der Waals surface area (Å²) in [5.41, 5.74) is 0.133. The monoisotopic (exact) mass is 465 g/mol. The molecular weight excluding hydrogens is 450 g/mol. The molecule has 1 amide bonds. The highest BCUT2D eigenvalue weighted by molar-refractivity contribution is 7.16. The van der Waals surface area contributed by atoms with Gasteiger partial charge in [0.05, 0.1) is 47.1 Å². The molecule has 0 N–H and O–H groups in total. The van der Waals surface area contributed by atoms with Crippen molar-refractivity contribution in [2.45, 2.75) is 6.54 Å². The zero-order valence-corrected chi connectivity index (χ0v) is 18.2. The van der Waals surface area contributed by atoms with Crippen LogP contribution in [0, 0.1) is 10.1 Å². The molecule has 0 fully saturated rings. The number of nitro benzene ring substituents is 1. The summed E-state index contributed by atoms with van der Waals surface area (Å²) < 4.78 is 17.5. The third kappa shape index (κ3) is 4.52. The van der Waals surface area contributed by atoms with Crippen LogP contribution in [0.4, 0.5) is 5.69 Å². The molecule has 31 heavy (non-hydrogen) atoms. The number of ether oxygens (including phenoxy) is 3. The lowest BCUT2D eigenvalue weighted by Crippen LogP contribution is -2.22. The summed E-state index contributed by atoms with van der Waals surface area (Å²) in [6, 6.07) is 6.84. The van der Waals surface area contributed by atoms with E-state index in [1.54, 1.807) is 12.1 Å². The Balaban J connectivity index is 2.22. The van der Waals surface area contributed by atoms with Crippen LogP contribution in [0.5, 0.6) is 11.5 Å². The lowest BCUT2D eigenvalue weighted by atomic mass is 10.2. The van der Waals surface area contributed by atoms with Gasteiger partial charge in [-0.15, -0.1) is 0 Å². The largest absolute Gasteiger partial charge is 0.493 e. The molecule has 3 aromatic rings. The average molecular weight is 466 g/mol. The van der Waals surface area contributed by atoms with Gasteiger partial charge in [0, 0.05) is 24.3 Å². The summed E-state index contributed by atoms with van der Waals surface area (Å²) in [5.74, 6) is -0.471. The van der Waals surface area contributed by atoms with Crippen molar-refractivity contribution < 1.29 is 28.7 Å². The number of benzene rings is 2. The molecule has 2 aromatic carbocycles. The molecule has 0 aliphatic rings. The van der Waals surface area contributed by atoms with Crippen molar-refractivity contribution in [1.82, 2.24) is 4.57 Å². The molecule has 0 atom stereocenters. The van der Waals surface area contributed by atoms with Crippen LogP contribution >= 0.6 is 22.9 Å². The predicted octanol–water partition coefficient (Wildman–Crippen LogP) is 3.20. The van der Waals surface area contributed by atoms with Crippen LogP contribution in [-0.2, 0) is 16.1 Å². The van der Waals surface area contributed by atoms with E-state index < -0.39 is 16.8 Å². The number of carbonyl (C=O) groups is 2. The van der Waals surface area contributed by atoms with Crippen molar-refractivity contribution in [3.05, 3.63) is 55.8 Å². The van der Waals surface area contributed by atoms with E-state index in [4.69, 9.17) is 25.8 Å². The normalized spacial score (nSPS) is 11.4.